The zero-order valence-electron chi connectivity index (χ0n) is 13.8. The Kier molecular flexibility index (Phi) is 5.62. The maximum atomic E-state index is 5.27. The quantitative estimate of drug-likeness (QED) is 0.666. The van der Waals surface area contributed by atoms with Crippen molar-refractivity contribution >= 4 is 0 Å². The molecule has 0 radical (unpaired) electrons. The molecule has 0 saturated heterocycles. The van der Waals surface area contributed by atoms with Crippen LogP contribution < -0.4 is 5.48 Å². The van der Waals surface area contributed by atoms with Gasteiger partial charge in [0.1, 0.15) is 0 Å². The molecule has 0 amide bonds. The van der Waals surface area contributed by atoms with Gasteiger partial charge in [0, 0.05) is 5.70 Å². The lowest BCUT2D eigenvalue weighted by Crippen LogP contribution is -2.29. The minimum absolute atomic E-state index is 0.913. The Labute approximate surface area is 130 Å². The van der Waals surface area contributed by atoms with Gasteiger partial charge in [-0.1, -0.05) is 64.2 Å². The first-order chi connectivity index (χ1) is 10.4. The highest BCUT2D eigenvalue weighted by atomic mass is 16.6. The van der Waals surface area contributed by atoms with Crippen molar-refractivity contribution in [2.75, 3.05) is 7.11 Å². The van der Waals surface area contributed by atoms with E-state index in [9.17, 15) is 0 Å². The first-order valence-corrected chi connectivity index (χ1v) is 9.38. The van der Waals surface area contributed by atoms with E-state index in [-0.39, 0.29) is 0 Å². The molecule has 1 N–H and O–H groups in total. The van der Waals surface area contributed by atoms with Crippen molar-refractivity contribution < 1.29 is 4.84 Å². The Bertz CT molecular complexity index is 327. The van der Waals surface area contributed by atoms with Crippen LogP contribution >= 0.6 is 0 Å². The number of hydrogen-bond donors (Lipinski definition) is 1. The van der Waals surface area contributed by atoms with E-state index >= 15 is 0 Å². The summed E-state index contributed by atoms with van der Waals surface area (Å²) in [5.74, 6) is 2.88. The lowest BCUT2D eigenvalue weighted by atomic mass is 9.68. The summed E-state index contributed by atoms with van der Waals surface area (Å²) in [6.07, 6.45) is 18.6. The topological polar surface area (TPSA) is 21.3 Å². The first-order valence-electron chi connectivity index (χ1n) is 9.38. The molecule has 2 nitrogen and oxygen atoms in total. The van der Waals surface area contributed by atoms with Crippen LogP contribution in [0.2, 0.25) is 0 Å². The van der Waals surface area contributed by atoms with Crippen molar-refractivity contribution in [2.45, 2.75) is 83.5 Å². The molecule has 3 aliphatic rings. The summed E-state index contributed by atoms with van der Waals surface area (Å²) in [5, 5.41) is 0. The summed E-state index contributed by atoms with van der Waals surface area (Å²) in [7, 11) is 1.76. The molecule has 0 bridgehead atoms. The maximum Gasteiger partial charge on any atom is 0.0636 e. The van der Waals surface area contributed by atoms with Gasteiger partial charge in [-0.15, -0.1) is 0 Å². The van der Waals surface area contributed by atoms with Crippen molar-refractivity contribution in [1.82, 2.24) is 5.48 Å². The molecule has 3 fully saturated rings. The van der Waals surface area contributed by atoms with Crippen LogP contribution in [0.1, 0.15) is 83.5 Å². The Hall–Kier alpha value is -0.500. The predicted molar refractivity (Wildman–Crippen MR) is 87.7 cm³/mol. The highest BCUT2D eigenvalue weighted by Gasteiger charge is 2.33. The second-order valence-corrected chi connectivity index (χ2v) is 7.55. The fraction of sp³-hybridized carbons (Fsp3) is 0.895. The zero-order chi connectivity index (χ0) is 14.5. The van der Waals surface area contributed by atoms with E-state index in [1.54, 1.807) is 12.7 Å². The molecule has 3 saturated carbocycles. The van der Waals surface area contributed by atoms with Gasteiger partial charge in [-0.25, -0.2) is 0 Å². The molecule has 3 rings (SSSR count). The number of hydrogen-bond acceptors (Lipinski definition) is 2. The molecule has 0 heterocycles. The molecule has 0 aromatic carbocycles. The molecule has 0 aliphatic heterocycles. The summed E-state index contributed by atoms with van der Waals surface area (Å²) in [6, 6.07) is 0. The minimum atomic E-state index is 0.913. The summed E-state index contributed by atoms with van der Waals surface area (Å²) in [6.45, 7) is 0. The van der Waals surface area contributed by atoms with Gasteiger partial charge >= 0.3 is 0 Å². The summed E-state index contributed by atoms with van der Waals surface area (Å²) in [5.41, 5.74) is 6.31. The van der Waals surface area contributed by atoms with Crippen LogP contribution in [0.15, 0.2) is 11.3 Å². The highest BCUT2D eigenvalue weighted by molar-refractivity contribution is 5.23. The Morgan fingerprint density at radius 1 is 0.952 bits per heavy atom. The molecule has 120 valence electrons. The van der Waals surface area contributed by atoms with E-state index in [2.05, 4.69) is 5.48 Å². The Morgan fingerprint density at radius 2 is 1.48 bits per heavy atom. The Morgan fingerprint density at radius 3 is 1.90 bits per heavy atom. The van der Waals surface area contributed by atoms with E-state index in [0.717, 1.165) is 17.8 Å². The summed E-state index contributed by atoms with van der Waals surface area (Å²) in [4.78, 5) is 5.27. The van der Waals surface area contributed by atoms with Gasteiger partial charge in [0.2, 0.25) is 0 Å². The van der Waals surface area contributed by atoms with E-state index in [0.29, 0.717) is 0 Å². The average molecular weight is 291 g/mol. The van der Waals surface area contributed by atoms with Crippen molar-refractivity contribution in [3.8, 4) is 0 Å². The van der Waals surface area contributed by atoms with Crippen LogP contribution in [0.3, 0.4) is 0 Å². The van der Waals surface area contributed by atoms with Crippen LogP contribution in [0.5, 0.6) is 0 Å². The fourth-order valence-corrected chi connectivity index (χ4v) is 4.82. The molecule has 0 atom stereocenters. The molecule has 2 heteroatoms. The van der Waals surface area contributed by atoms with Crippen molar-refractivity contribution in [2.24, 2.45) is 17.8 Å². The van der Waals surface area contributed by atoms with Crippen LogP contribution in [-0.2, 0) is 4.84 Å². The minimum Gasteiger partial charge on any atom is -0.280 e. The van der Waals surface area contributed by atoms with E-state index in [1.165, 1.54) is 89.2 Å². The SMILES string of the molecule is CONC(CC(C1CCCCC1)C1CCCCC1)=C1CC1. The van der Waals surface area contributed by atoms with Crippen molar-refractivity contribution in [3.63, 3.8) is 0 Å². The lowest BCUT2D eigenvalue weighted by molar-refractivity contribution is 0.0945. The van der Waals surface area contributed by atoms with Gasteiger partial charge in [0.15, 0.2) is 0 Å². The molecule has 21 heavy (non-hydrogen) atoms. The van der Waals surface area contributed by atoms with Crippen LogP contribution in [0, 0.1) is 17.8 Å². The number of hydroxylamine groups is 1. The average Bonchev–Trinajstić information content (AvgIpc) is 3.38. The highest BCUT2D eigenvalue weighted by Crippen LogP contribution is 2.44. The van der Waals surface area contributed by atoms with Gasteiger partial charge in [0.25, 0.3) is 0 Å². The number of allylic oxidation sites excluding steroid dienone is 2. The normalized spacial score (nSPS) is 24.4. The van der Waals surface area contributed by atoms with Crippen LogP contribution in [-0.4, -0.2) is 7.11 Å². The third kappa shape index (κ3) is 4.25. The van der Waals surface area contributed by atoms with E-state index < -0.39 is 0 Å². The van der Waals surface area contributed by atoms with Crippen LogP contribution in [0.4, 0.5) is 0 Å². The summed E-state index contributed by atoms with van der Waals surface area (Å²) < 4.78 is 0. The second kappa shape index (κ2) is 7.67. The third-order valence-corrected chi connectivity index (χ3v) is 6.10. The molecule has 3 aliphatic carbocycles. The third-order valence-electron chi connectivity index (χ3n) is 6.10. The predicted octanol–water partition coefficient (Wildman–Crippen LogP) is 5.35. The first kappa shape index (κ1) is 15.4. The van der Waals surface area contributed by atoms with Crippen molar-refractivity contribution in [3.05, 3.63) is 11.3 Å². The number of nitrogens with one attached hydrogen (secondary N) is 1. The molecule has 0 aromatic rings. The number of rotatable bonds is 6. The lowest BCUT2D eigenvalue weighted by Gasteiger charge is -2.38. The fourth-order valence-electron chi connectivity index (χ4n) is 4.82. The van der Waals surface area contributed by atoms with Gasteiger partial charge in [-0.2, -0.15) is 0 Å². The van der Waals surface area contributed by atoms with Gasteiger partial charge < -0.3 is 0 Å². The maximum absolute atomic E-state index is 5.27. The zero-order valence-corrected chi connectivity index (χ0v) is 13.8. The standard InChI is InChI=1S/C19H33NO/c1-21-20-19(17-12-13-17)14-18(15-8-4-2-5-9-15)16-10-6-3-7-11-16/h15-16,18,20H,2-14H2,1H3. The molecule has 0 unspecified atom stereocenters. The monoisotopic (exact) mass is 291 g/mol. The summed E-state index contributed by atoms with van der Waals surface area (Å²) >= 11 is 0. The van der Waals surface area contributed by atoms with Gasteiger partial charge in [-0.05, 0) is 42.6 Å². The van der Waals surface area contributed by atoms with E-state index in [4.69, 9.17) is 4.84 Å². The largest absolute Gasteiger partial charge is 0.280 e. The van der Waals surface area contributed by atoms with Crippen molar-refractivity contribution in [1.29, 1.82) is 0 Å². The molecule has 0 aromatic heterocycles. The molecule has 0 spiro atoms. The van der Waals surface area contributed by atoms with Gasteiger partial charge in [-0.3, -0.25) is 10.3 Å². The van der Waals surface area contributed by atoms with Crippen LogP contribution in [0.25, 0.3) is 0 Å². The van der Waals surface area contributed by atoms with Gasteiger partial charge in [0.05, 0.1) is 7.11 Å². The Balaban J connectivity index is 1.69. The molecular formula is C19H33NO. The second-order valence-electron chi connectivity index (χ2n) is 7.55. The smallest absolute Gasteiger partial charge is 0.0636 e. The van der Waals surface area contributed by atoms with E-state index in [1.807, 2.05) is 0 Å². The molecular weight excluding hydrogens is 258 g/mol.